The Morgan fingerprint density at radius 1 is 1.40 bits per heavy atom. The third-order valence-electron chi connectivity index (χ3n) is 3.21. The maximum Gasteiger partial charge on any atom is 0.162 e. The Balaban J connectivity index is 2.13. The van der Waals surface area contributed by atoms with E-state index in [2.05, 4.69) is 5.16 Å². The van der Waals surface area contributed by atoms with Gasteiger partial charge in [-0.1, -0.05) is 12.1 Å². The van der Waals surface area contributed by atoms with Crippen LogP contribution >= 0.6 is 0 Å². The number of ether oxygens (including phenoxy) is 1. The fourth-order valence-electron chi connectivity index (χ4n) is 1.92. The van der Waals surface area contributed by atoms with Crippen molar-refractivity contribution in [2.45, 2.75) is 33.8 Å². The smallest absolute Gasteiger partial charge is 0.162 e. The molecule has 1 heterocycles. The lowest BCUT2D eigenvalue weighted by molar-refractivity contribution is 0.0988. The highest BCUT2D eigenvalue weighted by molar-refractivity contribution is 5.97. The number of rotatable bonds is 5. The lowest BCUT2D eigenvalue weighted by atomic mass is 10.1. The molecule has 1 aromatic carbocycles. The summed E-state index contributed by atoms with van der Waals surface area (Å²) in [7, 11) is 0. The van der Waals surface area contributed by atoms with Gasteiger partial charge in [0.15, 0.2) is 5.78 Å². The number of nitrogen functional groups attached to an aromatic ring is 1. The standard InChI is InChI=1S/C15H18N2O3/c1-4-14(18)11-5-6-15(13(16)7-11)19-8-12-9(2)17-20-10(12)3/h5-7H,4,8,16H2,1-3H3. The molecule has 0 radical (unpaired) electrons. The molecule has 20 heavy (non-hydrogen) atoms. The Labute approximate surface area is 117 Å². The normalized spacial score (nSPS) is 10.6. The number of anilines is 1. The lowest BCUT2D eigenvalue weighted by Gasteiger charge is -2.09. The van der Waals surface area contributed by atoms with Crippen LogP contribution < -0.4 is 10.5 Å². The zero-order chi connectivity index (χ0) is 14.7. The summed E-state index contributed by atoms with van der Waals surface area (Å²) in [6, 6.07) is 5.09. The van der Waals surface area contributed by atoms with E-state index in [1.54, 1.807) is 18.2 Å². The molecule has 106 valence electrons. The minimum Gasteiger partial charge on any atom is -0.487 e. The molecule has 2 aromatic rings. The molecular formula is C15H18N2O3. The molecular weight excluding hydrogens is 256 g/mol. The van der Waals surface area contributed by atoms with Crippen LogP contribution in [0, 0.1) is 13.8 Å². The van der Waals surface area contributed by atoms with Crippen molar-refractivity contribution in [1.82, 2.24) is 5.16 Å². The Morgan fingerprint density at radius 2 is 2.15 bits per heavy atom. The summed E-state index contributed by atoms with van der Waals surface area (Å²) in [6.45, 7) is 5.86. The van der Waals surface area contributed by atoms with Crippen LogP contribution in [-0.4, -0.2) is 10.9 Å². The van der Waals surface area contributed by atoms with Crippen LogP contribution in [0.25, 0.3) is 0 Å². The largest absolute Gasteiger partial charge is 0.487 e. The predicted molar refractivity (Wildman–Crippen MR) is 75.8 cm³/mol. The fourth-order valence-corrected chi connectivity index (χ4v) is 1.92. The van der Waals surface area contributed by atoms with E-state index < -0.39 is 0 Å². The maximum atomic E-state index is 11.6. The van der Waals surface area contributed by atoms with E-state index in [0.29, 0.717) is 30.0 Å². The van der Waals surface area contributed by atoms with Crippen LogP contribution in [0.5, 0.6) is 5.75 Å². The number of aromatic nitrogens is 1. The van der Waals surface area contributed by atoms with Crippen LogP contribution in [0.15, 0.2) is 22.7 Å². The molecule has 5 nitrogen and oxygen atoms in total. The highest BCUT2D eigenvalue weighted by Gasteiger charge is 2.11. The van der Waals surface area contributed by atoms with Crippen molar-refractivity contribution in [2.24, 2.45) is 0 Å². The van der Waals surface area contributed by atoms with Gasteiger partial charge in [0.2, 0.25) is 0 Å². The van der Waals surface area contributed by atoms with Crippen LogP contribution in [-0.2, 0) is 6.61 Å². The van der Waals surface area contributed by atoms with Gasteiger partial charge >= 0.3 is 0 Å². The highest BCUT2D eigenvalue weighted by atomic mass is 16.5. The molecule has 0 aliphatic carbocycles. The van der Waals surface area contributed by atoms with E-state index in [4.69, 9.17) is 15.0 Å². The molecule has 0 fully saturated rings. The number of carbonyl (C=O) groups is 1. The van der Waals surface area contributed by atoms with Gasteiger partial charge in [0.05, 0.1) is 16.9 Å². The molecule has 2 rings (SSSR count). The van der Waals surface area contributed by atoms with Gasteiger partial charge in [-0.25, -0.2) is 0 Å². The Bertz CT molecular complexity index is 613. The number of hydrogen-bond acceptors (Lipinski definition) is 5. The van der Waals surface area contributed by atoms with Gasteiger partial charge in [0, 0.05) is 12.0 Å². The number of nitrogens with two attached hydrogens (primary N) is 1. The quantitative estimate of drug-likeness (QED) is 0.669. The van der Waals surface area contributed by atoms with E-state index in [1.165, 1.54) is 0 Å². The average molecular weight is 274 g/mol. The molecule has 5 heteroatoms. The molecule has 0 atom stereocenters. The summed E-state index contributed by atoms with van der Waals surface area (Å²) in [4.78, 5) is 11.6. The van der Waals surface area contributed by atoms with Crippen LogP contribution in [0.2, 0.25) is 0 Å². The average Bonchev–Trinajstić information content (AvgIpc) is 2.76. The first-order valence-corrected chi connectivity index (χ1v) is 6.50. The second-order valence-corrected chi connectivity index (χ2v) is 4.62. The van der Waals surface area contributed by atoms with E-state index in [1.807, 2.05) is 20.8 Å². The third kappa shape index (κ3) is 2.82. The first-order chi connectivity index (χ1) is 9.52. The SMILES string of the molecule is CCC(=O)c1ccc(OCc2c(C)noc2C)c(N)c1. The van der Waals surface area contributed by atoms with Crippen LogP contribution in [0.1, 0.15) is 40.7 Å². The second kappa shape index (κ2) is 5.77. The van der Waals surface area contributed by atoms with E-state index in [-0.39, 0.29) is 5.78 Å². The van der Waals surface area contributed by atoms with Crippen molar-refractivity contribution in [1.29, 1.82) is 0 Å². The van der Waals surface area contributed by atoms with Gasteiger partial charge in [-0.15, -0.1) is 0 Å². The van der Waals surface area contributed by atoms with Gasteiger partial charge in [-0.3, -0.25) is 4.79 Å². The molecule has 0 unspecified atom stereocenters. The Hall–Kier alpha value is -2.30. The number of benzene rings is 1. The molecule has 2 N–H and O–H groups in total. The second-order valence-electron chi connectivity index (χ2n) is 4.62. The van der Waals surface area contributed by atoms with Crippen molar-refractivity contribution in [3.05, 3.63) is 40.8 Å². The van der Waals surface area contributed by atoms with Crippen LogP contribution in [0.4, 0.5) is 5.69 Å². The molecule has 0 amide bonds. The summed E-state index contributed by atoms with van der Waals surface area (Å²) in [5, 5.41) is 3.87. The molecule has 0 aliphatic rings. The van der Waals surface area contributed by atoms with E-state index in [9.17, 15) is 4.79 Å². The minimum atomic E-state index is 0.0639. The molecule has 1 aromatic heterocycles. The monoisotopic (exact) mass is 274 g/mol. The van der Waals surface area contributed by atoms with Crippen molar-refractivity contribution < 1.29 is 14.1 Å². The summed E-state index contributed by atoms with van der Waals surface area (Å²) >= 11 is 0. The van der Waals surface area contributed by atoms with Crippen molar-refractivity contribution >= 4 is 11.5 Å². The zero-order valence-corrected chi connectivity index (χ0v) is 11.9. The summed E-state index contributed by atoms with van der Waals surface area (Å²) < 4.78 is 10.7. The van der Waals surface area contributed by atoms with Crippen molar-refractivity contribution in [3.63, 3.8) is 0 Å². The summed E-state index contributed by atoms with van der Waals surface area (Å²) in [5.74, 6) is 1.35. The summed E-state index contributed by atoms with van der Waals surface area (Å²) in [6.07, 6.45) is 0.457. The topological polar surface area (TPSA) is 78.3 Å². The van der Waals surface area contributed by atoms with Crippen LogP contribution in [0.3, 0.4) is 0 Å². The number of hydrogen-bond donors (Lipinski definition) is 1. The molecule has 0 bridgehead atoms. The van der Waals surface area contributed by atoms with Gasteiger partial charge in [0.25, 0.3) is 0 Å². The van der Waals surface area contributed by atoms with E-state index >= 15 is 0 Å². The maximum absolute atomic E-state index is 11.6. The number of carbonyl (C=O) groups excluding carboxylic acids is 1. The number of ketones is 1. The number of Topliss-reactive ketones (excluding diaryl/α,β-unsaturated/α-hetero) is 1. The molecule has 0 saturated carbocycles. The summed E-state index contributed by atoms with van der Waals surface area (Å²) in [5.41, 5.74) is 8.69. The minimum absolute atomic E-state index is 0.0639. The van der Waals surface area contributed by atoms with Gasteiger partial charge < -0.3 is 15.0 Å². The van der Waals surface area contributed by atoms with Crippen molar-refractivity contribution in [3.8, 4) is 5.75 Å². The highest BCUT2D eigenvalue weighted by Crippen LogP contribution is 2.25. The predicted octanol–water partition coefficient (Wildman–Crippen LogP) is 3.05. The fraction of sp³-hybridized carbons (Fsp3) is 0.333. The van der Waals surface area contributed by atoms with E-state index in [0.717, 1.165) is 17.0 Å². The van der Waals surface area contributed by atoms with Gasteiger partial charge in [-0.05, 0) is 32.0 Å². The van der Waals surface area contributed by atoms with Crippen molar-refractivity contribution in [2.75, 3.05) is 5.73 Å². The Kier molecular flexibility index (Phi) is 4.08. The molecule has 0 spiro atoms. The first kappa shape index (κ1) is 14.1. The Morgan fingerprint density at radius 3 is 2.70 bits per heavy atom. The lowest BCUT2D eigenvalue weighted by Crippen LogP contribution is -2.03. The molecule has 0 saturated heterocycles. The first-order valence-electron chi connectivity index (χ1n) is 6.50. The van der Waals surface area contributed by atoms with Gasteiger partial charge in [-0.2, -0.15) is 0 Å². The molecule has 0 aliphatic heterocycles. The number of aryl methyl sites for hydroxylation is 2. The zero-order valence-electron chi connectivity index (χ0n) is 11.9. The third-order valence-corrected chi connectivity index (χ3v) is 3.21. The number of nitrogens with zero attached hydrogens (tertiary/aromatic N) is 1. The van der Waals surface area contributed by atoms with Gasteiger partial charge in [0.1, 0.15) is 18.1 Å².